The number of hydrogen-bond donors (Lipinski definition) is 2. The van der Waals surface area contributed by atoms with Crippen LogP contribution in [-0.2, 0) is 11.3 Å². The number of aliphatic hydroxyl groups is 1. The van der Waals surface area contributed by atoms with Crippen molar-refractivity contribution in [3.8, 4) is 11.5 Å². The third kappa shape index (κ3) is 5.77. The van der Waals surface area contributed by atoms with Crippen molar-refractivity contribution >= 4 is 0 Å². The van der Waals surface area contributed by atoms with Crippen LogP contribution in [0.4, 0.5) is 0 Å². The maximum absolute atomic E-state index is 9.27. The Kier molecular flexibility index (Phi) is 8.02. The van der Waals surface area contributed by atoms with Crippen molar-refractivity contribution in [3.63, 3.8) is 0 Å². The molecule has 5 nitrogen and oxygen atoms in total. The fraction of sp³-hybridized carbons (Fsp3) is 0.600. The topological polar surface area (TPSA) is 60.0 Å². The predicted octanol–water partition coefficient (Wildman–Crippen LogP) is 1.58. The molecule has 0 radical (unpaired) electrons. The van der Waals surface area contributed by atoms with Crippen LogP contribution in [0, 0.1) is 0 Å². The molecule has 0 aromatic heterocycles. The van der Waals surface area contributed by atoms with Crippen LogP contribution in [-0.4, -0.2) is 44.7 Å². The highest BCUT2D eigenvalue weighted by atomic mass is 16.5. The SMILES string of the molecule is CCOCCOc1c(CNCC(C)O)cccc1OC. The number of aliphatic hydroxyl groups excluding tert-OH is 1. The molecule has 1 aromatic rings. The predicted molar refractivity (Wildman–Crippen MR) is 78.4 cm³/mol. The summed E-state index contributed by atoms with van der Waals surface area (Å²) in [5.74, 6) is 1.44. The third-order valence-electron chi connectivity index (χ3n) is 2.71. The molecule has 0 bridgehead atoms. The lowest BCUT2D eigenvalue weighted by atomic mass is 10.2. The van der Waals surface area contributed by atoms with Gasteiger partial charge in [0.05, 0.1) is 19.8 Å². The zero-order chi connectivity index (χ0) is 14.8. The van der Waals surface area contributed by atoms with Crippen LogP contribution >= 0.6 is 0 Å². The molecule has 1 aromatic carbocycles. The zero-order valence-electron chi connectivity index (χ0n) is 12.5. The van der Waals surface area contributed by atoms with Crippen molar-refractivity contribution < 1.29 is 19.3 Å². The molecule has 0 fully saturated rings. The van der Waals surface area contributed by atoms with Crippen molar-refractivity contribution in [3.05, 3.63) is 23.8 Å². The van der Waals surface area contributed by atoms with Gasteiger partial charge in [0.1, 0.15) is 6.61 Å². The summed E-state index contributed by atoms with van der Waals surface area (Å²) in [4.78, 5) is 0. The second-order valence-corrected chi connectivity index (χ2v) is 4.47. The minimum atomic E-state index is -0.372. The first-order chi connectivity index (χ1) is 9.69. The second kappa shape index (κ2) is 9.58. The van der Waals surface area contributed by atoms with Crippen LogP contribution < -0.4 is 14.8 Å². The number of methoxy groups -OCH3 is 1. The maximum atomic E-state index is 9.27. The van der Waals surface area contributed by atoms with E-state index in [1.165, 1.54) is 0 Å². The Labute approximate surface area is 120 Å². The van der Waals surface area contributed by atoms with Crippen molar-refractivity contribution in [1.82, 2.24) is 5.32 Å². The minimum Gasteiger partial charge on any atom is -0.493 e. The molecule has 0 saturated carbocycles. The van der Waals surface area contributed by atoms with E-state index in [2.05, 4.69) is 5.32 Å². The van der Waals surface area contributed by atoms with Crippen LogP contribution in [0.5, 0.6) is 11.5 Å². The molecule has 0 spiro atoms. The molecule has 114 valence electrons. The normalized spacial score (nSPS) is 12.2. The lowest BCUT2D eigenvalue weighted by molar-refractivity contribution is 0.108. The van der Waals surface area contributed by atoms with E-state index in [4.69, 9.17) is 14.2 Å². The lowest BCUT2D eigenvalue weighted by Gasteiger charge is -2.16. The van der Waals surface area contributed by atoms with Crippen LogP contribution in [0.25, 0.3) is 0 Å². The first kappa shape index (κ1) is 16.8. The molecule has 5 heteroatoms. The van der Waals surface area contributed by atoms with Crippen molar-refractivity contribution in [2.75, 3.05) is 33.5 Å². The van der Waals surface area contributed by atoms with Crippen LogP contribution in [0.3, 0.4) is 0 Å². The van der Waals surface area contributed by atoms with E-state index < -0.39 is 0 Å². The highest BCUT2D eigenvalue weighted by molar-refractivity contribution is 5.46. The van der Waals surface area contributed by atoms with Gasteiger partial charge in [0.25, 0.3) is 0 Å². The summed E-state index contributed by atoms with van der Waals surface area (Å²) in [5.41, 5.74) is 1.00. The Bertz CT molecular complexity index is 382. The highest BCUT2D eigenvalue weighted by Crippen LogP contribution is 2.30. The first-order valence-electron chi connectivity index (χ1n) is 6.94. The fourth-order valence-electron chi connectivity index (χ4n) is 1.79. The quantitative estimate of drug-likeness (QED) is 0.638. The Morgan fingerprint density at radius 3 is 2.75 bits per heavy atom. The summed E-state index contributed by atoms with van der Waals surface area (Å²) < 4.78 is 16.4. The van der Waals surface area contributed by atoms with E-state index in [0.717, 1.165) is 11.3 Å². The second-order valence-electron chi connectivity index (χ2n) is 4.47. The molecular weight excluding hydrogens is 258 g/mol. The van der Waals surface area contributed by atoms with E-state index >= 15 is 0 Å². The van der Waals surface area contributed by atoms with E-state index in [-0.39, 0.29) is 6.10 Å². The molecule has 0 aliphatic carbocycles. The number of rotatable bonds is 10. The molecule has 1 unspecified atom stereocenters. The molecular formula is C15H25NO4. The van der Waals surface area contributed by atoms with Gasteiger partial charge < -0.3 is 24.6 Å². The van der Waals surface area contributed by atoms with E-state index in [1.807, 2.05) is 25.1 Å². The first-order valence-corrected chi connectivity index (χ1v) is 6.94. The van der Waals surface area contributed by atoms with E-state index in [0.29, 0.717) is 38.7 Å². The van der Waals surface area contributed by atoms with Gasteiger partial charge in [0, 0.05) is 25.3 Å². The van der Waals surface area contributed by atoms with Gasteiger partial charge in [0.15, 0.2) is 11.5 Å². The number of ether oxygens (including phenoxy) is 3. The molecule has 0 saturated heterocycles. The Balaban J connectivity index is 2.65. The molecule has 0 aliphatic heterocycles. The molecule has 0 heterocycles. The van der Waals surface area contributed by atoms with Gasteiger partial charge in [-0.2, -0.15) is 0 Å². The third-order valence-corrected chi connectivity index (χ3v) is 2.71. The Hall–Kier alpha value is -1.30. The Morgan fingerprint density at radius 1 is 1.30 bits per heavy atom. The van der Waals surface area contributed by atoms with Gasteiger partial charge in [0.2, 0.25) is 0 Å². The number of hydrogen-bond acceptors (Lipinski definition) is 5. The molecule has 0 amide bonds. The Morgan fingerprint density at radius 2 is 2.10 bits per heavy atom. The molecule has 20 heavy (non-hydrogen) atoms. The maximum Gasteiger partial charge on any atom is 0.165 e. The van der Waals surface area contributed by atoms with Gasteiger partial charge in [-0.3, -0.25) is 0 Å². The fourth-order valence-corrected chi connectivity index (χ4v) is 1.79. The van der Waals surface area contributed by atoms with Gasteiger partial charge in [-0.05, 0) is 19.9 Å². The van der Waals surface area contributed by atoms with Crippen LogP contribution in [0.15, 0.2) is 18.2 Å². The van der Waals surface area contributed by atoms with E-state index in [9.17, 15) is 5.11 Å². The summed E-state index contributed by atoms with van der Waals surface area (Å²) in [6.45, 7) is 6.57. The monoisotopic (exact) mass is 283 g/mol. The average molecular weight is 283 g/mol. The molecule has 2 N–H and O–H groups in total. The minimum absolute atomic E-state index is 0.372. The van der Waals surface area contributed by atoms with Gasteiger partial charge in [-0.15, -0.1) is 0 Å². The lowest BCUT2D eigenvalue weighted by Crippen LogP contribution is -2.24. The zero-order valence-corrected chi connectivity index (χ0v) is 12.5. The smallest absolute Gasteiger partial charge is 0.165 e. The van der Waals surface area contributed by atoms with Crippen LogP contribution in [0.2, 0.25) is 0 Å². The summed E-state index contributed by atoms with van der Waals surface area (Å²) in [7, 11) is 1.62. The number of benzene rings is 1. The van der Waals surface area contributed by atoms with Gasteiger partial charge in [-0.25, -0.2) is 0 Å². The molecule has 1 rings (SSSR count). The highest BCUT2D eigenvalue weighted by Gasteiger charge is 2.10. The summed E-state index contributed by atoms with van der Waals surface area (Å²) in [6.07, 6.45) is -0.372. The summed E-state index contributed by atoms with van der Waals surface area (Å²) in [6, 6.07) is 5.77. The van der Waals surface area contributed by atoms with Crippen molar-refractivity contribution in [2.24, 2.45) is 0 Å². The van der Waals surface area contributed by atoms with E-state index in [1.54, 1.807) is 14.0 Å². The van der Waals surface area contributed by atoms with Gasteiger partial charge in [-0.1, -0.05) is 12.1 Å². The molecule has 0 aliphatic rings. The molecule has 1 atom stereocenters. The standard InChI is InChI=1S/C15H25NO4/c1-4-19-8-9-20-15-13(11-16-10-12(2)17)6-5-7-14(15)18-3/h5-7,12,16-17H,4,8-11H2,1-3H3. The average Bonchev–Trinajstić information content (AvgIpc) is 2.44. The van der Waals surface area contributed by atoms with Crippen LogP contribution in [0.1, 0.15) is 19.4 Å². The largest absolute Gasteiger partial charge is 0.493 e. The van der Waals surface area contributed by atoms with Gasteiger partial charge >= 0.3 is 0 Å². The van der Waals surface area contributed by atoms with Crippen molar-refractivity contribution in [1.29, 1.82) is 0 Å². The number of nitrogens with one attached hydrogen (secondary N) is 1. The summed E-state index contributed by atoms with van der Waals surface area (Å²) >= 11 is 0. The summed E-state index contributed by atoms with van der Waals surface area (Å²) in [5, 5.41) is 12.4. The number of para-hydroxylation sites is 1. The van der Waals surface area contributed by atoms with Crippen molar-refractivity contribution in [2.45, 2.75) is 26.5 Å².